The smallest absolute Gasteiger partial charge is 0.416 e. The van der Waals surface area contributed by atoms with E-state index >= 15 is 0 Å². The number of ether oxygens (including phenoxy) is 1. The molecule has 406 valence electrons. The number of nitrogens with one attached hydrogen (secondary N) is 3. The first kappa shape index (κ1) is 55.1. The molecule has 6 aromatic rings. The summed E-state index contributed by atoms with van der Waals surface area (Å²) in [5.74, 6) is 0.557. The molecule has 3 fully saturated rings. The molecule has 4 heterocycles. The number of piperazine rings is 1. The van der Waals surface area contributed by atoms with Gasteiger partial charge in [0.2, 0.25) is 17.7 Å². The van der Waals surface area contributed by atoms with E-state index in [4.69, 9.17) is 4.74 Å². The van der Waals surface area contributed by atoms with Crippen LogP contribution in [0.5, 0.6) is 11.5 Å². The summed E-state index contributed by atoms with van der Waals surface area (Å²) in [7, 11) is 0. The van der Waals surface area contributed by atoms with Gasteiger partial charge in [0.25, 0.3) is 5.91 Å². The molecule has 2 atom stereocenters. The summed E-state index contributed by atoms with van der Waals surface area (Å²) in [6.45, 7) is 16.4. The number of piperidine rings is 1. The van der Waals surface area contributed by atoms with Gasteiger partial charge in [-0.25, -0.2) is 4.98 Å². The highest BCUT2D eigenvalue weighted by atomic mass is 32.1. The van der Waals surface area contributed by atoms with E-state index in [0.717, 1.165) is 122 Å². The van der Waals surface area contributed by atoms with Crippen molar-refractivity contribution < 1.29 is 37.1 Å². The molecule has 0 spiro atoms. The van der Waals surface area contributed by atoms with Gasteiger partial charge in [0.1, 0.15) is 23.6 Å². The zero-order valence-corrected chi connectivity index (χ0v) is 45.2. The van der Waals surface area contributed by atoms with Crippen LogP contribution in [0.1, 0.15) is 84.8 Å². The molecule has 1 aromatic heterocycles. The first-order valence-corrected chi connectivity index (χ1v) is 27.6. The van der Waals surface area contributed by atoms with Gasteiger partial charge in [-0.05, 0) is 133 Å². The molecule has 3 saturated heterocycles. The van der Waals surface area contributed by atoms with Gasteiger partial charge in [-0.1, -0.05) is 81.4 Å². The molecule has 0 saturated carbocycles. The predicted molar refractivity (Wildman–Crippen MR) is 294 cm³/mol. The molecule has 0 bridgehead atoms. The van der Waals surface area contributed by atoms with Gasteiger partial charge in [-0.2, -0.15) is 13.2 Å². The molecule has 0 radical (unpaired) electrons. The molecule has 77 heavy (non-hydrogen) atoms. The van der Waals surface area contributed by atoms with Crippen LogP contribution in [0.3, 0.4) is 0 Å². The van der Waals surface area contributed by atoms with E-state index in [2.05, 4.69) is 47.8 Å². The van der Waals surface area contributed by atoms with Crippen molar-refractivity contribution in [1.82, 2.24) is 40.5 Å². The second-order valence-electron chi connectivity index (χ2n) is 21.9. The third-order valence-electron chi connectivity index (χ3n) is 15.1. The SMILES string of the molecule is Cc1ncsc1-c1ccc(CNC(=O)[C@@H]2CCCN2C(=O)[C@@H](NC(=O)CN2CCN(CC3CCN(Cc4cccc(CNC(=O)c5ccc6c(Oc7ccc(C(F)(F)F)cc7)cccc6c5)c4)CC3)CC2)C(C)(C)C)cc1. The van der Waals surface area contributed by atoms with Crippen LogP contribution in [-0.2, 0) is 40.2 Å². The number of fused-ring (bicyclic) bond motifs is 1. The molecule has 3 N–H and O–H groups in total. The molecule has 3 aliphatic heterocycles. The Hall–Kier alpha value is -6.66. The summed E-state index contributed by atoms with van der Waals surface area (Å²) in [6.07, 6.45) is -0.911. The standard InChI is InChI=1S/C60H69F3N8O5S/c1-40-54(77-39-66-40)45-15-13-41(14-16-45)34-65-57(74)51-11-7-25-71(51)58(75)55(59(2,3)4)67-53(72)38-70-30-28-69(29-31-70)36-42-23-26-68(27-24-42)37-44-9-5-8-43(32-44)35-64-56(73)47-17-22-50-46(33-47)10-6-12-52(50)76-49-20-18-48(19-21-49)60(61,62)63/h5-6,8-10,12-22,32-33,39,42,51,55H,7,11,23-31,34-38H2,1-4H3,(H,64,73)(H,65,74)(H,67,72)/t51-,55+/m0/s1. The minimum atomic E-state index is -4.43. The molecule has 3 aliphatic rings. The Balaban J connectivity index is 0.676. The van der Waals surface area contributed by atoms with Crippen molar-refractivity contribution in [2.45, 2.75) is 91.3 Å². The minimum Gasteiger partial charge on any atom is -0.457 e. The Morgan fingerprint density at radius 3 is 2.14 bits per heavy atom. The number of rotatable bonds is 17. The van der Waals surface area contributed by atoms with Crippen LogP contribution in [0, 0.1) is 18.3 Å². The van der Waals surface area contributed by atoms with Gasteiger partial charge < -0.3 is 30.5 Å². The molecule has 9 rings (SSSR count). The van der Waals surface area contributed by atoms with E-state index in [1.54, 1.807) is 46.6 Å². The van der Waals surface area contributed by atoms with Crippen molar-refractivity contribution >= 4 is 45.7 Å². The fourth-order valence-corrected chi connectivity index (χ4v) is 11.5. The predicted octanol–water partition coefficient (Wildman–Crippen LogP) is 9.68. The summed E-state index contributed by atoms with van der Waals surface area (Å²) < 4.78 is 45.1. The Labute approximate surface area is 453 Å². The lowest BCUT2D eigenvalue weighted by Crippen LogP contribution is -2.59. The maximum atomic E-state index is 14.2. The molecule has 5 aromatic carbocycles. The highest BCUT2D eigenvalue weighted by Crippen LogP contribution is 2.35. The number of carbonyl (C=O) groups is 4. The average molecular weight is 1070 g/mol. The second kappa shape index (κ2) is 24.3. The number of likely N-dealkylation sites (tertiary alicyclic amines) is 2. The van der Waals surface area contributed by atoms with E-state index in [-0.39, 0.29) is 35.9 Å². The highest BCUT2D eigenvalue weighted by Gasteiger charge is 2.42. The van der Waals surface area contributed by atoms with E-state index in [9.17, 15) is 32.3 Å². The monoisotopic (exact) mass is 1070 g/mol. The average Bonchev–Trinajstić information content (AvgIpc) is 4.10. The number of alkyl halides is 3. The summed E-state index contributed by atoms with van der Waals surface area (Å²) >= 11 is 1.60. The number of amides is 4. The van der Waals surface area contributed by atoms with Crippen LogP contribution in [0.2, 0.25) is 0 Å². The number of nitrogens with zero attached hydrogens (tertiary/aromatic N) is 5. The van der Waals surface area contributed by atoms with E-state index < -0.39 is 29.2 Å². The van der Waals surface area contributed by atoms with Crippen molar-refractivity contribution in [3.63, 3.8) is 0 Å². The Kier molecular flexibility index (Phi) is 17.4. The fraction of sp³-hybridized carbons (Fsp3) is 0.417. The summed E-state index contributed by atoms with van der Waals surface area (Å²) in [5.41, 5.74) is 6.27. The number of aromatic nitrogens is 1. The Bertz CT molecular complexity index is 3020. The number of aryl methyl sites for hydroxylation is 1. The molecule has 17 heteroatoms. The quantitative estimate of drug-likeness (QED) is 0.0815. The van der Waals surface area contributed by atoms with Crippen LogP contribution in [0.25, 0.3) is 21.2 Å². The molecule has 13 nitrogen and oxygen atoms in total. The molecule has 4 amide bonds. The van der Waals surface area contributed by atoms with Crippen molar-refractivity contribution in [1.29, 1.82) is 0 Å². The van der Waals surface area contributed by atoms with Gasteiger partial charge in [-0.15, -0.1) is 11.3 Å². The van der Waals surface area contributed by atoms with Gasteiger partial charge in [0.05, 0.1) is 28.2 Å². The Morgan fingerprint density at radius 2 is 1.44 bits per heavy atom. The topological polar surface area (TPSA) is 139 Å². The van der Waals surface area contributed by atoms with Gasteiger partial charge in [0, 0.05) is 69.9 Å². The normalized spacial score (nSPS) is 17.5. The maximum Gasteiger partial charge on any atom is 0.416 e. The van der Waals surface area contributed by atoms with Crippen LogP contribution >= 0.6 is 11.3 Å². The molecule has 0 unspecified atom stereocenters. The van der Waals surface area contributed by atoms with Crippen molar-refractivity contribution in [2.24, 2.45) is 11.3 Å². The van der Waals surface area contributed by atoms with Gasteiger partial charge >= 0.3 is 6.18 Å². The number of thiazole rings is 1. The Morgan fingerprint density at radius 1 is 0.740 bits per heavy atom. The number of halogens is 3. The van der Waals surface area contributed by atoms with Crippen molar-refractivity contribution in [3.8, 4) is 21.9 Å². The summed E-state index contributed by atoms with van der Waals surface area (Å²) in [4.78, 5) is 69.0. The van der Waals surface area contributed by atoms with Gasteiger partial charge in [0.15, 0.2) is 0 Å². The highest BCUT2D eigenvalue weighted by molar-refractivity contribution is 7.13. The van der Waals surface area contributed by atoms with Crippen LogP contribution in [0.4, 0.5) is 13.2 Å². The van der Waals surface area contributed by atoms with E-state index in [1.807, 2.05) is 75.7 Å². The van der Waals surface area contributed by atoms with Crippen molar-refractivity contribution in [3.05, 3.63) is 148 Å². The van der Waals surface area contributed by atoms with Crippen molar-refractivity contribution in [2.75, 3.05) is 58.9 Å². The van der Waals surface area contributed by atoms with Crippen LogP contribution in [-0.4, -0.2) is 119 Å². The third-order valence-corrected chi connectivity index (χ3v) is 16.1. The number of hydrogen-bond acceptors (Lipinski definition) is 10. The number of carbonyl (C=O) groups excluding carboxylic acids is 4. The zero-order chi connectivity index (χ0) is 54.3. The van der Waals surface area contributed by atoms with E-state index in [1.165, 1.54) is 17.7 Å². The second-order valence-corrected chi connectivity index (χ2v) is 22.7. The summed E-state index contributed by atoms with van der Waals surface area (Å²) in [5, 5.41) is 10.7. The third kappa shape index (κ3) is 14.3. The first-order valence-electron chi connectivity index (χ1n) is 26.7. The fourth-order valence-electron chi connectivity index (χ4n) is 10.7. The lowest BCUT2D eigenvalue weighted by Gasteiger charge is -2.39. The molecular weight excluding hydrogens is 1000 g/mol. The number of benzene rings is 5. The van der Waals surface area contributed by atoms with E-state index in [0.29, 0.717) is 43.3 Å². The summed E-state index contributed by atoms with van der Waals surface area (Å²) in [6, 6.07) is 30.3. The largest absolute Gasteiger partial charge is 0.457 e. The van der Waals surface area contributed by atoms with Crippen LogP contribution < -0.4 is 20.7 Å². The molecular formula is C60H69F3N8O5S. The zero-order valence-electron chi connectivity index (χ0n) is 44.3. The lowest BCUT2D eigenvalue weighted by atomic mass is 9.85. The van der Waals surface area contributed by atoms with Crippen LogP contribution in [0.15, 0.2) is 115 Å². The molecule has 0 aliphatic carbocycles. The minimum absolute atomic E-state index is 0.179. The maximum absolute atomic E-state index is 14.2. The lowest BCUT2D eigenvalue weighted by molar-refractivity contribution is -0.144. The van der Waals surface area contributed by atoms with Gasteiger partial charge in [-0.3, -0.25) is 29.0 Å². The first-order chi connectivity index (χ1) is 36.9. The number of hydrogen-bond donors (Lipinski definition) is 3.